The Hall–Kier alpha value is -2.07. The lowest BCUT2D eigenvalue weighted by molar-refractivity contribution is 0.601. The Morgan fingerprint density at radius 3 is 2.45 bits per heavy atom. The Kier molecular flexibility index (Phi) is 4.03. The van der Waals surface area contributed by atoms with E-state index in [0.29, 0.717) is 5.69 Å². The topological polar surface area (TPSA) is 46.2 Å². The second kappa shape index (κ2) is 5.97. The summed E-state index contributed by atoms with van der Waals surface area (Å²) >= 11 is 0. The molecule has 1 unspecified atom stereocenters. The van der Waals surface area contributed by atoms with Crippen molar-refractivity contribution in [1.82, 2.24) is 0 Å². The van der Waals surface area contributed by atoms with Crippen LogP contribution in [0.3, 0.4) is 0 Å². The van der Waals surface area contributed by atoms with Crippen LogP contribution in [0.25, 0.3) is 0 Å². The van der Waals surface area contributed by atoms with Crippen molar-refractivity contribution in [3.8, 4) is 0 Å². The van der Waals surface area contributed by atoms with Crippen molar-refractivity contribution >= 4 is 15.7 Å². The predicted octanol–water partition coefficient (Wildman–Crippen LogP) is 4.23. The summed E-state index contributed by atoms with van der Waals surface area (Å²) in [7, 11) is -3.56. The summed E-state index contributed by atoms with van der Waals surface area (Å²) < 4.78 is 27.8. The first kappa shape index (κ1) is 14.9. The molecule has 114 valence electrons. The van der Waals surface area contributed by atoms with Gasteiger partial charge in [-0.1, -0.05) is 48.0 Å². The Morgan fingerprint density at radius 2 is 1.77 bits per heavy atom. The van der Waals surface area contributed by atoms with Crippen molar-refractivity contribution < 1.29 is 8.42 Å². The first-order valence-electron chi connectivity index (χ1n) is 7.41. The molecule has 0 fully saturated rings. The molecule has 22 heavy (non-hydrogen) atoms. The lowest BCUT2D eigenvalue weighted by Gasteiger charge is -2.16. The van der Waals surface area contributed by atoms with Gasteiger partial charge in [0.25, 0.3) is 10.0 Å². The number of para-hydroxylation sites is 1. The minimum atomic E-state index is -3.56. The monoisotopic (exact) mass is 313 g/mol. The van der Waals surface area contributed by atoms with Gasteiger partial charge in [-0.05, 0) is 43.5 Å². The fourth-order valence-corrected chi connectivity index (χ4v) is 3.81. The summed E-state index contributed by atoms with van der Waals surface area (Å²) in [6.07, 6.45) is 6.38. The summed E-state index contributed by atoms with van der Waals surface area (Å²) in [5.74, 6) is 0.289. The Bertz CT molecular complexity index is 792. The summed E-state index contributed by atoms with van der Waals surface area (Å²) in [6, 6.07) is 14.5. The molecule has 2 aromatic carbocycles. The van der Waals surface area contributed by atoms with Crippen molar-refractivity contribution in [1.29, 1.82) is 0 Å². The average Bonchev–Trinajstić information content (AvgIpc) is 3.02. The van der Waals surface area contributed by atoms with E-state index in [9.17, 15) is 8.42 Å². The Balaban J connectivity index is 1.92. The number of hydrogen-bond acceptors (Lipinski definition) is 2. The van der Waals surface area contributed by atoms with Gasteiger partial charge in [0.05, 0.1) is 10.6 Å². The maximum Gasteiger partial charge on any atom is 0.261 e. The van der Waals surface area contributed by atoms with Crippen molar-refractivity contribution in [2.24, 2.45) is 0 Å². The van der Waals surface area contributed by atoms with Crippen LogP contribution in [0.1, 0.15) is 29.9 Å². The van der Waals surface area contributed by atoms with E-state index < -0.39 is 10.0 Å². The minimum Gasteiger partial charge on any atom is -0.279 e. The molecule has 0 heterocycles. The number of nitrogens with one attached hydrogen (secondary N) is 1. The van der Waals surface area contributed by atoms with Crippen LogP contribution in [0.15, 0.2) is 65.6 Å². The second-order valence-electron chi connectivity index (χ2n) is 5.62. The number of sulfonamides is 1. The lowest BCUT2D eigenvalue weighted by Crippen LogP contribution is -2.14. The van der Waals surface area contributed by atoms with Gasteiger partial charge in [-0.25, -0.2) is 8.42 Å². The standard InChI is InChI=1S/C18H19NO2S/c1-14-10-12-16(13-11-14)22(20,21)19-18-9-5-4-8-17(18)15-6-2-3-7-15/h2,4-6,8-13,15,19H,3,7H2,1H3. The highest BCUT2D eigenvalue weighted by Gasteiger charge is 2.19. The first-order chi connectivity index (χ1) is 10.6. The maximum absolute atomic E-state index is 12.6. The molecule has 1 aliphatic carbocycles. The van der Waals surface area contributed by atoms with Gasteiger partial charge in [0.2, 0.25) is 0 Å². The van der Waals surface area contributed by atoms with Crippen molar-refractivity contribution in [2.75, 3.05) is 4.72 Å². The molecule has 0 aliphatic heterocycles. The van der Waals surface area contributed by atoms with E-state index in [1.807, 2.05) is 31.2 Å². The van der Waals surface area contributed by atoms with Gasteiger partial charge in [0.15, 0.2) is 0 Å². The van der Waals surface area contributed by atoms with Crippen molar-refractivity contribution in [2.45, 2.75) is 30.6 Å². The molecule has 0 saturated carbocycles. The van der Waals surface area contributed by atoms with E-state index >= 15 is 0 Å². The summed E-state index contributed by atoms with van der Waals surface area (Å²) in [5.41, 5.74) is 2.74. The molecular formula is C18H19NO2S. The number of allylic oxidation sites excluding steroid dienone is 2. The normalized spacial score (nSPS) is 17.6. The third-order valence-electron chi connectivity index (χ3n) is 3.95. The fraction of sp³-hybridized carbons (Fsp3) is 0.222. The second-order valence-corrected chi connectivity index (χ2v) is 7.30. The first-order valence-corrected chi connectivity index (χ1v) is 8.90. The van der Waals surface area contributed by atoms with Gasteiger partial charge in [-0.2, -0.15) is 0 Å². The van der Waals surface area contributed by atoms with E-state index in [-0.39, 0.29) is 10.8 Å². The summed E-state index contributed by atoms with van der Waals surface area (Å²) in [6.45, 7) is 1.94. The molecule has 0 aromatic heterocycles. The quantitative estimate of drug-likeness (QED) is 0.859. The van der Waals surface area contributed by atoms with Gasteiger partial charge >= 0.3 is 0 Å². The van der Waals surface area contributed by atoms with Gasteiger partial charge in [-0.15, -0.1) is 0 Å². The Labute approximate surface area is 131 Å². The van der Waals surface area contributed by atoms with E-state index in [0.717, 1.165) is 24.0 Å². The zero-order chi connectivity index (χ0) is 15.6. The fourth-order valence-electron chi connectivity index (χ4n) is 2.73. The van der Waals surface area contributed by atoms with Crippen LogP contribution in [0.5, 0.6) is 0 Å². The molecule has 0 bridgehead atoms. The number of anilines is 1. The molecule has 1 aliphatic rings. The molecule has 3 rings (SSSR count). The van der Waals surface area contributed by atoms with Crippen LogP contribution in [-0.2, 0) is 10.0 Å². The molecule has 4 heteroatoms. The molecule has 0 radical (unpaired) electrons. The van der Waals surface area contributed by atoms with Gasteiger partial charge in [0.1, 0.15) is 0 Å². The lowest BCUT2D eigenvalue weighted by atomic mass is 9.97. The van der Waals surface area contributed by atoms with E-state index in [1.165, 1.54) is 0 Å². The summed E-state index contributed by atoms with van der Waals surface area (Å²) in [5, 5.41) is 0. The SMILES string of the molecule is Cc1ccc(S(=O)(=O)Nc2ccccc2C2C=CCC2)cc1. The zero-order valence-corrected chi connectivity index (χ0v) is 13.3. The van der Waals surface area contributed by atoms with E-state index in [4.69, 9.17) is 0 Å². The van der Waals surface area contributed by atoms with Gasteiger partial charge in [0, 0.05) is 5.92 Å². The molecule has 1 N–H and O–H groups in total. The zero-order valence-electron chi connectivity index (χ0n) is 12.5. The van der Waals surface area contributed by atoms with Crippen LogP contribution in [-0.4, -0.2) is 8.42 Å². The largest absolute Gasteiger partial charge is 0.279 e. The van der Waals surface area contributed by atoms with Gasteiger partial charge < -0.3 is 0 Å². The van der Waals surface area contributed by atoms with Crippen molar-refractivity contribution in [3.63, 3.8) is 0 Å². The van der Waals surface area contributed by atoms with Crippen LogP contribution in [0.2, 0.25) is 0 Å². The van der Waals surface area contributed by atoms with E-state index in [1.54, 1.807) is 24.3 Å². The third-order valence-corrected chi connectivity index (χ3v) is 5.33. The molecule has 0 saturated heterocycles. The summed E-state index contributed by atoms with van der Waals surface area (Å²) in [4.78, 5) is 0.287. The predicted molar refractivity (Wildman–Crippen MR) is 89.5 cm³/mol. The number of benzene rings is 2. The highest BCUT2D eigenvalue weighted by molar-refractivity contribution is 7.92. The number of hydrogen-bond donors (Lipinski definition) is 1. The molecule has 0 amide bonds. The molecule has 0 spiro atoms. The van der Waals surface area contributed by atoms with Crippen LogP contribution >= 0.6 is 0 Å². The third kappa shape index (κ3) is 3.07. The number of rotatable bonds is 4. The van der Waals surface area contributed by atoms with Crippen LogP contribution in [0, 0.1) is 6.92 Å². The van der Waals surface area contributed by atoms with E-state index in [2.05, 4.69) is 16.9 Å². The minimum absolute atomic E-state index is 0.287. The van der Waals surface area contributed by atoms with Crippen LogP contribution < -0.4 is 4.72 Å². The maximum atomic E-state index is 12.6. The van der Waals surface area contributed by atoms with Crippen molar-refractivity contribution in [3.05, 3.63) is 71.8 Å². The number of aryl methyl sites for hydroxylation is 1. The highest BCUT2D eigenvalue weighted by Crippen LogP contribution is 2.34. The molecular weight excluding hydrogens is 294 g/mol. The van der Waals surface area contributed by atoms with Crippen LogP contribution in [0.4, 0.5) is 5.69 Å². The molecule has 1 atom stereocenters. The molecule has 2 aromatic rings. The highest BCUT2D eigenvalue weighted by atomic mass is 32.2. The smallest absolute Gasteiger partial charge is 0.261 e. The average molecular weight is 313 g/mol. The van der Waals surface area contributed by atoms with Gasteiger partial charge in [-0.3, -0.25) is 4.72 Å². The molecule has 3 nitrogen and oxygen atoms in total. The Morgan fingerprint density at radius 1 is 1.05 bits per heavy atom.